The van der Waals surface area contributed by atoms with Crippen LogP contribution < -0.4 is 0 Å². The Hall–Kier alpha value is -2.58. The quantitative estimate of drug-likeness (QED) is 0.709. The van der Waals surface area contributed by atoms with Crippen LogP contribution in [0.3, 0.4) is 0 Å². The third-order valence-electron chi connectivity index (χ3n) is 6.52. The van der Waals surface area contributed by atoms with E-state index in [1.165, 1.54) is 29.1 Å². The lowest BCUT2D eigenvalue weighted by Gasteiger charge is -2.35. The molecule has 2 aliphatic heterocycles. The lowest BCUT2D eigenvalue weighted by Crippen LogP contribution is -2.55. The number of piperazine rings is 1. The van der Waals surface area contributed by atoms with Crippen LogP contribution in [0.2, 0.25) is 0 Å². The van der Waals surface area contributed by atoms with Gasteiger partial charge in [-0.15, -0.1) is 0 Å². The molecule has 3 aliphatic rings. The number of rotatable bonds is 3. The second kappa shape index (κ2) is 8.75. The number of hydrogen-bond donors (Lipinski definition) is 0. The summed E-state index contributed by atoms with van der Waals surface area (Å²) in [7, 11) is 0. The van der Waals surface area contributed by atoms with E-state index < -0.39 is 11.7 Å². The maximum absolute atomic E-state index is 13.0. The third kappa shape index (κ3) is 4.76. The molecule has 176 valence electrons. The fourth-order valence-electron chi connectivity index (χ4n) is 4.98. The molecule has 0 bridgehead atoms. The third-order valence-corrected chi connectivity index (χ3v) is 6.52. The molecule has 9 heteroatoms. The molecule has 0 spiro atoms. The zero-order chi connectivity index (χ0) is 23.0. The zero-order valence-corrected chi connectivity index (χ0v) is 19.7. The summed E-state index contributed by atoms with van der Waals surface area (Å²) in [5.74, 6) is 0.800. The second-order valence-electron chi connectivity index (χ2n) is 10.1. The van der Waals surface area contributed by atoms with Crippen LogP contribution >= 0.6 is 0 Å². The zero-order valence-electron chi connectivity index (χ0n) is 19.7. The first kappa shape index (κ1) is 22.6. The van der Waals surface area contributed by atoms with Crippen LogP contribution in [0, 0.1) is 6.92 Å². The summed E-state index contributed by atoms with van der Waals surface area (Å²) in [6, 6.07) is 0.257. The minimum atomic E-state index is -0.605. The van der Waals surface area contributed by atoms with E-state index in [9.17, 15) is 14.4 Å². The minimum Gasteiger partial charge on any atom is -0.444 e. The first-order chi connectivity index (χ1) is 15.1. The Labute approximate surface area is 189 Å². The fourth-order valence-corrected chi connectivity index (χ4v) is 4.98. The van der Waals surface area contributed by atoms with Gasteiger partial charge in [0.05, 0.1) is 18.3 Å². The molecule has 0 N–H and O–H groups in total. The number of aromatic nitrogens is 2. The Bertz CT molecular complexity index is 903. The highest BCUT2D eigenvalue weighted by Gasteiger charge is 2.35. The summed E-state index contributed by atoms with van der Waals surface area (Å²) < 4.78 is 7.71. The number of nitrogens with zero attached hydrogens (tertiary/aromatic N) is 5. The Morgan fingerprint density at radius 1 is 1.09 bits per heavy atom. The van der Waals surface area contributed by atoms with Crippen molar-refractivity contribution in [3.8, 4) is 0 Å². The van der Waals surface area contributed by atoms with Gasteiger partial charge in [-0.2, -0.15) is 0 Å². The molecule has 0 radical (unpaired) electrons. The highest BCUT2D eigenvalue weighted by atomic mass is 16.6. The van der Waals surface area contributed by atoms with Crippen molar-refractivity contribution in [3.05, 3.63) is 17.2 Å². The molecule has 0 aromatic carbocycles. The summed E-state index contributed by atoms with van der Waals surface area (Å²) in [6.07, 6.45) is 4.94. The van der Waals surface area contributed by atoms with Crippen molar-refractivity contribution in [2.24, 2.45) is 0 Å². The van der Waals surface area contributed by atoms with Crippen molar-refractivity contribution in [2.45, 2.75) is 71.4 Å². The van der Waals surface area contributed by atoms with Crippen LogP contribution in [-0.2, 0) is 27.2 Å². The van der Waals surface area contributed by atoms with Gasteiger partial charge < -0.3 is 19.1 Å². The average Bonchev–Trinajstić information content (AvgIpc) is 3.31. The molecule has 3 amide bonds. The van der Waals surface area contributed by atoms with E-state index in [0.29, 0.717) is 26.2 Å². The van der Waals surface area contributed by atoms with Crippen LogP contribution in [0.4, 0.5) is 4.79 Å². The highest BCUT2D eigenvalue weighted by molar-refractivity contribution is 5.88. The minimum absolute atomic E-state index is 0.0294. The van der Waals surface area contributed by atoms with Crippen molar-refractivity contribution < 1.29 is 19.1 Å². The molecule has 0 unspecified atom stereocenters. The van der Waals surface area contributed by atoms with Gasteiger partial charge in [0.15, 0.2) is 0 Å². The van der Waals surface area contributed by atoms with Gasteiger partial charge in [-0.05, 0) is 59.8 Å². The SMILES string of the molecule is Cc1nc2c(n1[C@@H]1CCN(C(=O)CN3CCN(C(=O)OC(C)(C)C)CC3=O)C1)CCCC2. The molecule has 0 saturated carbocycles. The fraction of sp³-hybridized carbons (Fsp3) is 0.739. The van der Waals surface area contributed by atoms with Gasteiger partial charge in [-0.25, -0.2) is 9.78 Å². The molecule has 1 aromatic rings. The Balaban J connectivity index is 1.32. The molecule has 4 rings (SSSR count). The van der Waals surface area contributed by atoms with Crippen molar-refractivity contribution in [1.82, 2.24) is 24.3 Å². The van der Waals surface area contributed by atoms with Crippen molar-refractivity contribution in [1.29, 1.82) is 0 Å². The van der Waals surface area contributed by atoms with Crippen molar-refractivity contribution >= 4 is 17.9 Å². The van der Waals surface area contributed by atoms with Crippen LogP contribution in [-0.4, -0.2) is 87.0 Å². The summed E-state index contributed by atoms with van der Waals surface area (Å²) in [6.45, 7) is 9.54. The number of likely N-dealkylation sites (tertiary alicyclic amines) is 1. The van der Waals surface area contributed by atoms with E-state index in [-0.39, 0.29) is 30.9 Å². The van der Waals surface area contributed by atoms with E-state index in [4.69, 9.17) is 9.72 Å². The lowest BCUT2D eigenvalue weighted by molar-refractivity contribution is -0.143. The average molecular weight is 446 g/mol. The van der Waals surface area contributed by atoms with Crippen LogP contribution in [0.1, 0.15) is 63.3 Å². The molecular formula is C23H35N5O4. The maximum atomic E-state index is 13.0. The number of carbonyl (C=O) groups is 3. The maximum Gasteiger partial charge on any atom is 0.410 e. The standard InChI is InChI=1S/C23H35N5O4/c1-16-24-18-7-5-6-8-19(18)28(16)17-9-10-25(13-17)20(29)14-26-11-12-27(15-21(26)30)22(31)32-23(2,3)4/h17H,5-15H2,1-4H3/t17-/m1/s1. The Morgan fingerprint density at radius 2 is 1.84 bits per heavy atom. The number of hydrogen-bond acceptors (Lipinski definition) is 5. The normalized spacial score (nSPS) is 21.7. The molecule has 1 aliphatic carbocycles. The number of carbonyl (C=O) groups excluding carboxylic acids is 3. The number of aryl methyl sites for hydroxylation is 2. The summed E-state index contributed by atoms with van der Waals surface area (Å²) in [4.78, 5) is 47.4. The van der Waals surface area contributed by atoms with Gasteiger partial charge in [0.1, 0.15) is 18.0 Å². The molecule has 1 aromatic heterocycles. The molecule has 2 saturated heterocycles. The van der Waals surface area contributed by atoms with Crippen molar-refractivity contribution in [3.63, 3.8) is 0 Å². The topological polar surface area (TPSA) is 88.0 Å². The summed E-state index contributed by atoms with van der Waals surface area (Å²) >= 11 is 0. The Kier molecular flexibility index (Phi) is 6.18. The lowest BCUT2D eigenvalue weighted by atomic mass is 10.0. The molecule has 1 atom stereocenters. The summed E-state index contributed by atoms with van der Waals surface area (Å²) in [5.41, 5.74) is 1.97. The van der Waals surface area contributed by atoms with Gasteiger partial charge in [0.2, 0.25) is 11.8 Å². The molecule has 3 heterocycles. The van der Waals surface area contributed by atoms with E-state index >= 15 is 0 Å². The van der Waals surface area contributed by atoms with E-state index in [2.05, 4.69) is 11.5 Å². The molecular weight excluding hydrogens is 410 g/mol. The number of imidazole rings is 1. The predicted molar refractivity (Wildman–Crippen MR) is 118 cm³/mol. The Morgan fingerprint density at radius 3 is 2.56 bits per heavy atom. The number of amides is 3. The van der Waals surface area contributed by atoms with Gasteiger partial charge in [-0.3, -0.25) is 14.5 Å². The van der Waals surface area contributed by atoms with Crippen LogP contribution in [0.25, 0.3) is 0 Å². The van der Waals surface area contributed by atoms with Crippen molar-refractivity contribution in [2.75, 3.05) is 39.3 Å². The highest BCUT2D eigenvalue weighted by Crippen LogP contribution is 2.30. The van der Waals surface area contributed by atoms with Gasteiger partial charge in [-0.1, -0.05) is 0 Å². The van der Waals surface area contributed by atoms with Gasteiger partial charge in [0.25, 0.3) is 0 Å². The molecule has 32 heavy (non-hydrogen) atoms. The number of ether oxygens (including phenoxy) is 1. The van der Waals surface area contributed by atoms with E-state index in [0.717, 1.165) is 25.1 Å². The number of fused-ring (bicyclic) bond motifs is 1. The van der Waals surface area contributed by atoms with Gasteiger partial charge in [0, 0.05) is 31.9 Å². The predicted octanol–water partition coefficient (Wildman–Crippen LogP) is 1.92. The van der Waals surface area contributed by atoms with Crippen LogP contribution in [0.5, 0.6) is 0 Å². The smallest absolute Gasteiger partial charge is 0.410 e. The summed E-state index contributed by atoms with van der Waals surface area (Å²) in [5, 5.41) is 0. The first-order valence-electron chi connectivity index (χ1n) is 11.7. The van der Waals surface area contributed by atoms with E-state index in [1.54, 1.807) is 25.7 Å². The molecule has 2 fully saturated rings. The van der Waals surface area contributed by atoms with Gasteiger partial charge >= 0.3 is 6.09 Å². The largest absolute Gasteiger partial charge is 0.444 e. The molecule has 9 nitrogen and oxygen atoms in total. The monoisotopic (exact) mass is 445 g/mol. The first-order valence-corrected chi connectivity index (χ1v) is 11.7. The van der Waals surface area contributed by atoms with Crippen LogP contribution in [0.15, 0.2) is 0 Å². The van der Waals surface area contributed by atoms with E-state index in [1.807, 2.05) is 4.90 Å². The second-order valence-corrected chi connectivity index (χ2v) is 10.1.